The van der Waals surface area contributed by atoms with Crippen molar-refractivity contribution in [2.45, 2.75) is 13.0 Å². The molecular formula is C19H25N5S. The van der Waals surface area contributed by atoms with E-state index in [1.165, 1.54) is 5.56 Å². The number of pyridine rings is 1. The van der Waals surface area contributed by atoms with Crippen LogP contribution in [0.3, 0.4) is 0 Å². The van der Waals surface area contributed by atoms with E-state index in [0.29, 0.717) is 5.11 Å². The average molecular weight is 356 g/mol. The Hall–Kier alpha value is -2.18. The highest BCUT2D eigenvalue weighted by atomic mass is 32.1. The van der Waals surface area contributed by atoms with Crippen molar-refractivity contribution in [2.75, 3.05) is 43.4 Å². The largest absolute Gasteiger partial charge is 0.356 e. The Morgan fingerprint density at radius 3 is 2.44 bits per heavy atom. The number of hydrogen-bond donors (Lipinski definition) is 2. The third-order valence-corrected chi connectivity index (χ3v) is 4.70. The Morgan fingerprint density at radius 2 is 1.80 bits per heavy atom. The summed E-state index contributed by atoms with van der Waals surface area (Å²) in [5.41, 5.74) is 2.10. The molecule has 1 aromatic heterocycles. The maximum atomic E-state index is 5.42. The summed E-state index contributed by atoms with van der Waals surface area (Å²) in [6.45, 7) is 6.29. The highest BCUT2D eigenvalue weighted by Crippen LogP contribution is 2.16. The van der Waals surface area contributed by atoms with Crippen LogP contribution in [0.25, 0.3) is 0 Å². The van der Waals surface area contributed by atoms with Crippen molar-refractivity contribution in [1.29, 1.82) is 0 Å². The minimum Gasteiger partial charge on any atom is -0.356 e. The molecule has 2 heterocycles. The molecule has 1 aliphatic heterocycles. The van der Waals surface area contributed by atoms with Gasteiger partial charge in [0.1, 0.15) is 5.82 Å². The number of anilines is 2. The number of likely N-dealkylation sites (N-methyl/N-ethyl adjacent to an activating group) is 1. The number of aromatic nitrogens is 1. The molecule has 132 valence electrons. The van der Waals surface area contributed by atoms with Crippen molar-refractivity contribution in [3.05, 3.63) is 54.2 Å². The molecule has 0 unspecified atom stereocenters. The van der Waals surface area contributed by atoms with Gasteiger partial charge >= 0.3 is 0 Å². The number of thiocarbonyl (C=S) groups is 1. The summed E-state index contributed by atoms with van der Waals surface area (Å²) in [6, 6.07) is 14.5. The molecule has 1 fully saturated rings. The first-order valence-electron chi connectivity index (χ1n) is 8.64. The quantitative estimate of drug-likeness (QED) is 0.822. The molecule has 6 heteroatoms. The fourth-order valence-electron chi connectivity index (χ4n) is 2.87. The van der Waals surface area contributed by atoms with Crippen LogP contribution < -0.4 is 15.5 Å². The number of nitrogens with one attached hydrogen (secondary N) is 2. The first-order chi connectivity index (χ1) is 12.1. The van der Waals surface area contributed by atoms with Crippen molar-refractivity contribution in [3.8, 4) is 0 Å². The lowest BCUT2D eigenvalue weighted by Gasteiger charge is -2.33. The highest BCUT2D eigenvalue weighted by Gasteiger charge is 2.15. The lowest BCUT2D eigenvalue weighted by Crippen LogP contribution is -2.44. The van der Waals surface area contributed by atoms with Gasteiger partial charge in [-0.15, -0.1) is 0 Å². The third-order valence-electron chi connectivity index (χ3n) is 4.48. The Balaban J connectivity index is 1.53. The van der Waals surface area contributed by atoms with Crippen molar-refractivity contribution < 1.29 is 0 Å². The summed E-state index contributed by atoms with van der Waals surface area (Å²) in [5.74, 6) is 1.02. The van der Waals surface area contributed by atoms with E-state index >= 15 is 0 Å². The van der Waals surface area contributed by atoms with Gasteiger partial charge in [0.15, 0.2) is 5.11 Å². The van der Waals surface area contributed by atoms with Crippen LogP contribution in [0, 0.1) is 0 Å². The molecule has 1 aliphatic rings. The molecule has 0 saturated carbocycles. The molecule has 0 aliphatic carbocycles. The van der Waals surface area contributed by atoms with E-state index in [0.717, 1.165) is 37.7 Å². The molecule has 1 saturated heterocycles. The molecule has 1 atom stereocenters. The van der Waals surface area contributed by atoms with Crippen molar-refractivity contribution in [1.82, 2.24) is 15.2 Å². The van der Waals surface area contributed by atoms with Crippen LogP contribution in [0.4, 0.5) is 11.5 Å². The second kappa shape index (κ2) is 8.27. The van der Waals surface area contributed by atoms with Gasteiger partial charge in [-0.3, -0.25) is 0 Å². The number of hydrogen-bond acceptors (Lipinski definition) is 4. The first-order valence-corrected chi connectivity index (χ1v) is 9.04. The number of nitrogens with zero attached hydrogens (tertiary/aromatic N) is 3. The van der Waals surface area contributed by atoms with Crippen molar-refractivity contribution in [3.63, 3.8) is 0 Å². The third kappa shape index (κ3) is 4.90. The lowest BCUT2D eigenvalue weighted by molar-refractivity contribution is 0.312. The van der Waals surface area contributed by atoms with Gasteiger partial charge in [0, 0.05) is 26.2 Å². The molecule has 0 radical (unpaired) electrons. The van der Waals surface area contributed by atoms with E-state index in [9.17, 15) is 0 Å². The van der Waals surface area contributed by atoms with E-state index in [4.69, 9.17) is 12.2 Å². The van der Waals surface area contributed by atoms with Gasteiger partial charge in [0.05, 0.1) is 17.9 Å². The second-order valence-corrected chi connectivity index (χ2v) is 6.83. The zero-order valence-electron chi connectivity index (χ0n) is 14.8. The summed E-state index contributed by atoms with van der Waals surface area (Å²) in [6.07, 6.45) is 1.84. The topological polar surface area (TPSA) is 43.4 Å². The van der Waals surface area contributed by atoms with Gasteiger partial charge in [-0.25, -0.2) is 4.98 Å². The molecule has 2 N–H and O–H groups in total. The van der Waals surface area contributed by atoms with E-state index in [1.54, 1.807) is 0 Å². The lowest BCUT2D eigenvalue weighted by atomic mass is 10.1. The predicted molar refractivity (Wildman–Crippen MR) is 108 cm³/mol. The molecule has 25 heavy (non-hydrogen) atoms. The summed E-state index contributed by atoms with van der Waals surface area (Å²) in [4.78, 5) is 9.23. The Kier molecular flexibility index (Phi) is 5.83. The second-order valence-electron chi connectivity index (χ2n) is 6.43. The predicted octanol–water partition coefficient (Wildman–Crippen LogP) is 2.88. The molecule has 1 aromatic carbocycles. The zero-order chi connectivity index (χ0) is 17.6. The van der Waals surface area contributed by atoms with E-state index in [1.807, 2.05) is 30.5 Å². The van der Waals surface area contributed by atoms with Gasteiger partial charge in [0.2, 0.25) is 0 Å². The zero-order valence-corrected chi connectivity index (χ0v) is 15.6. The van der Waals surface area contributed by atoms with Crippen LogP contribution >= 0.6 is 12.2 Å². The average Bonchev–Trinajstić information content (AvgIpc) is 2.64. The Labute approximate surface area is 155 Å². The smallest absolute Gasteiger partial charge is 0.171 e. The van der Waals surface area contributed by atoms with Crippen LogP contribution in [0.5, 0.6) is 0 Å². The fourth-order valence-corrected chi connectivity index (χ4v) is 3.17. The number of rotatable bonds is 4. The van der Waals surface area contributed by atoms with E-state index in [2.05, 4.69) is 57.6 Å². The van der Waals surface area contributed by atoms with Crippen molar-refractivity contribution in [2.24, 2.45) is 0 Å². The van der Waals surface area contributed by atoms with Crippen LogP contribution in [0.15, 0.2) is 48.7 Å². The summed E-state index contributed by atoms with van der Waals surface area (Å²) < 4.78 is 0. The molecule has 5 nitrogen and oxygen atoms in total. The van der Waals surface area contributed by atoms with Crippen LogP contribution in [-0.2, 0) is 0 Å². The number of piperazine rings is 1. The summed E-state index contributed by atoms with van der Waals surface area (Å²) >= 11 is 5.42. The van der Waals surface area contributed by atoms with Crippen LogP contribution in [0.1, 0.15) is 18.5 Å². The highest BCUT2D eigenvalue weighted by molar-refractivity contribution is 7.80. The molecule has 0 amide bonds. The minimum atomic E-state index is 0.152. The molecule has 3 rings (SSSR count). The Bertz CT molecular complexity index is 681. The van der Waals surface area contributed by atoms with Crippen molar-refractivity contribution >= 4 is 28.8 Å². The van der Waals surface area contributed by atoms with Gasteiger partial charge in [-0.05, 0) is 43.9 Å². The SMILES string of the molecule is C[C@@H](NC(=S)Nc1ccc(N2CCN(C)CC2)nc1)c1ccccc1. The first kappa shape index (κ1) is 17.6. The van der Waals surface area contributed by atoms with E-state index in [-0.39, 0.29) is 6.04 Å². The normalized spacial score (nSPS) is 16.3. The van der Waals surface area contributed by atoms with Gasteiger partial charge < -0.3 is 20.4 Å². The van der Waals surface area contributed by atoms with Gasteiger partial charge in [0.25, 0.3) is 0 Å². The van der Waals surface area contributed by atoms with Crippen LogP contribution in [0.2, 0.25) is 0 Å². The minimum absolute atomic E-state index is 0.152. The standard InChI is InChI=1S/C19H25N5S/c1-15(16-6-4-3-5-7-16)21-19(25)22-17-8-9-18(20-14-17)24-12-10-23(2)11-13-24/h3-9,14-15H,10-13H2,1-2H3,(H2,21,22,25)/t15-/m1/s1. The Morgan fingerprint density at radius 1 is 1.08 bits per heavy atom. The fraction of sp³-hybridized carbons (Fsp3) is 0.368. The molecule has 0 bridgehead atoms. The molecular weight excluding hydrogens is 330 g/mol. The molecule has 2 aromatic rings. The monoisotopic (exact) mass is 355 g/mol. The summed E-state index contributed by atoms with van der Waals surface area (Å²) in [5, 5.41) is 7.12. The van der Waals surface area contributed by atoms with Crippen LogP contribution in [-0.4, -0.2) is 48.2 Å². The summed E-state index contributed by atoms with van der Waals surface area (Å²) in [7, 11) is 2.15. The number of benzene rings is 1. The van der Waals surface area contributed by atoms with Gasteiger partial charge in [-0.1, -0.05) is 30.3 Å². The van der Waals surface area contributed by atoms with E-state index < -0.39 is 0 Å². The molecule has 0 spiro atoms. The van der Waals surface area contributed by atoms with Gasteiger partial charge in [-0.2, -0.15) is 0 Å². The maximum absolute atomic E-state index is 5.42. The maximum Gasteiger partial charge on any atom is 0.171 e.